The molecule has 0 bridgehead atoms. The first kappa shape index (κ1) is 13.7. The molecule has 0 aliphatic carbocycles. The summed E-state index contributed by atoms with van der Waals surface area (Å²) >= 11 is 0. The average Bonchev–Trinajstić information content (AvgIpc) is 2.21. The maximum Gasteiger partial charge on any atom is 0.0777 e. The Balaban J connectivity index is 3.85. The van der Waals surface area contributed by atoms with E-state index in [9.17, 15) is 0 Å². The van der Waals surface area contributed by atoms with Gasteiger partial charge in [-0.05, 0) is 18.8 Å². The Morgan fingerprint density at radius 2 is 2.14 bits per heavy atom. The second-order valence-electron chi connectivity index (χ2n) is 3.76. The number of rotatable bonds is 8. The second-order valence-corrected chi connectivity index (χ2v) is 3.76. The van der Waals surface area contributed by atoms with Gasteiger partial charge in [-0.25, -0.2) is 0 Å². The van der Waals surface area contributed by atoms with Gasteiger partial charge in [0.05, 0.1) is 6.10 Å². The molecule has 0 saturated heterocycles. The molecule has 0 amide bonds. The van der Waals surface area contributed by atoms with E-state index < -0.39 is 0 Å². The van der Waals surface area contributed by atoms with Gasteiger partial charge in [0, 0.05) is 13.7 Å². The lowest BCUT2D eigenvalue weighted by Gasteiger charge is -2.19. The molecule has 0 rings (SSSR count). The van der Waals surface area contributed by atoms with E-state index in [1.807, 2.05) is 6.08 Å². The van der Waals surface area contributed by atoms with Gasteiger partial charge in [0.15, 0.2) is 0 Å². The number of hydrogen-bond acceptors (Lipinski definition) is 2. The summed E-state index contributed by atoms with van der Waals surface area (Å²) in [6.07, 6.45) is 8.69. The van der Waals surface area contributed by atoms with Crippen molar-refractivity contribution in [3.8, 4) is 0 Å². The number of hydrogen-bond donors (Lipinski definition) is 1. The molecule has 0 radical (unpaired) electrons. The molecule has 14 heavy (non-hydrogen) atoms. The molecule has 0 aromatic carbocycles. The molecule has 2 unspecified atom stereocenters. The predicted octanol–water partition coefficient (Wildman–Crippen LogP) is 2.77. The van der Waals surface area contributed by atoms with Gasteiger partial charge in [0.25, 0.3) is 0 Å². The second kappa shape index (κ2) is 9.22. The number of aliphatic hydroxyl groups is 1. The lowest BCUT2D eigenvalue weighted by Crippen LogP contribution is -2.17. The summed E-state index contributed by atoms with van der Waals surface area (Å²) in [5.41, 5.74) is 0. The molecule has 0 saturated carbocycles. The van der Waals surface area contributed by atoms with E-state index >= 15 is 0 Å². The van der Waals surface area contributed by atoms with Crippen molar-refractivity contribution in [1.82, 2.24) is 0 Å². The van der Waals surface area contributed by atoms with Crippen molar-refractivity contribution < 1.29 is 9.84 Å². The largest absolute Gasteiger partial charge is 0.396 e. The minimum absolute atomic E-state index is 0.202. The average molecular weight is 200 g/mol. The first-order valence-corrected chi connectivity index (χ1v) is 5.56. The highest BCUT2D eigenvalue weighted by Gasteiger charge is 2.12. The van der Waals surface area contributed by atoms with Crippen LogP contribution in [0.1, 0.15) is 39.5 Å². The number of methoxy groups -OCH3 is 1. The van der Waals surface area contributed by atoms with Gasteiger partial charge >= 0.3 is 0 Å². The molecule has 2 nitrogen and oxygen atoms in total. The molecule has 1 N–H and O–H groups in total. The monoisotopic (exact) mass is 200 g/mol. The van der Waals surface area contributed by atoms with Gasteiger partial charge in [-0.2, -0.15) is 0 Å². The molecule has 0 aliphatic rings. The van der Waals surface area contributed by atoms with Gasteiger partial charge in [-0.3, -0.25) is 0 Å². The van der Waals surface area contributed by atoms with Crippen LogP contribution in [0.3, 0.4) is 0 Å². The normalized spacial score (nSPS) is 16.0. The third-order valence-electron chi connectivity index (χ3n) is 2.47. The van der Waals surface area contributed by atoms with Crippen LogP contribution in [0.15, 0.2) is 12.2 Å². The Bertz CT molecular complexity index is 143. The molecule has 2 atom stereocenters. The summed E-state index contributed by atoms with van der Waals surface area (Å²) in [5, 5.41) is 8.64. The van der Waals surface area contributed by atoms with Crippen LogP contribution in [-0.4, -0.2) is 24.9 Å². The minimum atomic E-state index is 0.202. The van der Waals surface area contributed by atoms with Crippen LogP contribution in [0.4, 0.5) is 0 Å². The van der Waals surface area contributed by atoms with Crippen molar-refractivity contribution >= 4 is 0 Å². The fraction of sp³-hybridized carbons (Fsp3) is 0.833. The Hall–Kier alpha value is -0.340. The fourth-order valence-electron chi connectivity index (χ4n) is 1.50. The molecule has 0 aliphatic heterocycles. The third-order valence-corrected chi connectivity index (χ3v) is 2.47. The zero-order valence-corrected chi connectivity index (χ0v) is 9.70. The van der Waals surface area contributed by atoms with Crippen LogP contribution in [0.5, 0.6) is 0 Å². The number of unbranched alkanes of at least 4 members (excludes halogenated alkanes) is 1. The van der Waals surface area contributed by atoms with Crippen molar-refractivity contribution in [3.05, 3.63) is 12.2 Å². The van der Waals surface area contributed by atoms with E-state index in [0.717, 1.165) is 6.42 Å². The molecule has 0 aromatic heterocycles. The van der Waals surface area contributed by atoms with Gasteiger partial charge in [0.2, 0.25) is 0 Å². The molecule has 2 heteroatoms. The van der Waals surface area contributed by atoms with E-state index in [2.05, 4.69) is 19.9 Å². The van der Waals surface area contributed by atoms with Crippen LogP contribution in [-0.2, 0) is 4.74 Å². The van der Waals surface area contributed by atoms with Crippen molar-refractivity contribution in [1.29, 1.82) is 0 Å². The van der Waals surface area contributed by atoms with Crippen molar-refractivity contribution in [2.45, 2.75) is 45.6 Å². The molecule has 0 spiro atoms. The Morgan fingerprint density at radius 1 is 1.43 bits per heavy atom. The SMILES string of the molecule is CCCCC(C)C(C=CCCO)OC. The third kappa shape index (κ3) is 6.17. The van der Waals surface area contributed by atoms with Crippen LogP contribution >= 0.6 is 0 Å². The topological polar surface area (TPSA) is 29.5 Å². The molecule has 0 fully saturated rings. The van der Waals surface area contributed by atoms with E-state index in [4.69, 9.17) is 9.84 Å². The standard InChI is InChI=1S/C12H24O2/c1-4-5-8-11(2)12(14-3)9-6-7-10-13/h6,9,11-13H,4-5,7-8,10H2,1-3H3. The lowest BCUT2D eigenvalue weighted by molar-refractivity contribution is 0.0916. The van der Waals surface area contributed by atoms with E-state index in [1.165, 1.54) is 19.3 Å². The Kier molecular flexibility index (Phi) is 9.00. The first-order chi connectivity index (χ1) is 6.76. The Morgan fingerprint density at radius 3 is 2.64 bits per heavy atom. The molecule has 0 heterocycles. The molecular weight excluding hydrogens is 176 g/mol. The van der Waals surface area contributed by atoms with Gasteiger partial charge in [-0.15, -0.1) is 0 Å². The summed E-state index contributed by atoms with van der Waals surface area (Å²) in [5.74, 6) is 0.565. The van der Waals surface area contributed by atoms with Crippen molar-refractivity contribution in [2.24, 2.45) is 5.92 Å². The molecule has 0 aromatic rings. The maximum atomic E-state index is 8.64. The van der Waals surface area contributed by atoms with Crippen LogP contribution in [0.2, 0.25) is 0 Å². The van der Waals surface area contributed by atoms with E-state index in [-0.39, 0.29) is 12.7 Å². The number of ether oxygens (including phenoxy) is 1. The highest BCUT2D eigenvalue weighted by Crippen LogP contribution is 2.15. The quantitative estimate of drug-likeness (QED) is 0.610. The van der Waals surface area contributed by atoms with Crippen molar-refractivity contribution in [2.75, 3.05) is 13.7 Å². The van der Waals surface area contributed by atoms with Crippen LogP contribution < -0.4 is 0 Å². The summed E-state index contributed by atoms with van der Waals surface area (Å²) in [6, 6.07) is 0. The van der Waals surface area contributed by atoms with Crippen LogP contribution in [0, 0.1) is 5.92 Å². The summed E-state index contributed by atoms with van der Waals surface area (Å²) in [6.45, 7) is 4.64. The highest BCUT2D eigenvalue weighted by molar-refractivity contribution is 4.91. The summed E-state index contributed by atoms with van der Waals surface area (Å²) < 4.78 is 5.39. The smallest absolute Gasteiger partial charge is 0.0777 e. The zero-order chi connectivity index (χ0) is 10.8. The van der Waals surface area contributed by atoms with Gasteiger partial charge in [-0.1, -0.05) is 38.8 Å². The summed E-state index contributed by atoms with van der Waals surface area (Å²) in [7, 11) is 1.75. The molecule has 84 valence electrons. The van der Waals surface area contributed by atoms with Crippen molar-refractivity contribution in [3.63, 3.8) is 0 Å². The summed E-state index contributed by atoms with van der Waals surface area (Å²) in [4.78, 5) is 0. The predicted molar refractivity (Wildman–Crippen MR) is 60.3 cm³/mol. The van der Waals surface area contributed by atoms with Gasteiger partial charge < -0.3 is 9.84 Å². The molecular formula is C12H24O2. The lowest BCUT2D eigenvalue weighted by atomic mass is 9.97. The van der Waals surface area contributed by atoms with Crippen LogP contribution in [0.25, 0.3) is 0 Å². The number of aliphatic hydroxyl groups excluding tert-OH is 1. The fourth-order valence-corrected chi connectivity index (χ4v) is 1.50. The zero-order valence-electron chi connectivity index (χ0n) is 9.70. The Labute approximate surface area is 88.0 Å². The minimum Gasteiger partial charge on any atom is -0.396 e. The van der Waals surface area contributed by atoms with E-state index in [1.54, 1.807) is 7.11 Å². The van der Waals surface area contributed by atoms with E-state index in [0.29, 0.717) is 5.92 Å². The first-order valence-electron chi connectivity index (χ1n) is 5.56. The maximum absolute atomic E-state index is 8.64. The highest BCUT2D eigenvalue weighted by atomic mass is 16.5. The van der Waals surface area contributed by atoms with Gasteiger partial charge in [0.1, 0.15) is 0 Å².